The second-order valence-electron chi connectivity index (χ2n) is 5.06. The number of hydrogen-bond acceptors (Lipinski definition) is 0. The van der Waals surface area contributed by atoms with E-state index in [4.69, 9.17) is 0 Å². The Bertz CT molecular complexity index is 275. The third-order valence-electron chi connectivity index (χ3n) is 3.66. The topological polar surface area (TPSA) is 0 Å². The average molecular weight is 202 g/mol. The number of rotatable bonds is 6. The van der Waals surface area contributed by atoms with E-state index in [2.05, 4.69) is 37.3 Å². The van der Waals surface area contributed by atoms with Gasteiger partial charge in [-0.2, -0.15) is 0 Å². The molecular formula is C15H22. The molecule has 1 fully saturated rings. The van der Waals surface area contributed by atoms with Crippen LogP contribution < -0.4 is 0 Å². The molecule has 0 aliphatic heterocycles. The highest BCUT2D eigenvalue weighted by Gasteiger charge is 2.31. The lowest BCUT2D eigenvalue weighted by atomic mass is 10.0. The zero-order chi connectivity index (χ0) is 10.5. The Kier molecular flexibility index (Phi) is 3.82. The first-order valence-electron chi connectivity index (χ1n) is 6.40. The summed E-state index contributed by atoms with van der Waals surface area (Å²) in [7, 11) is 0. The molecule has 1 unspecified atom stereocenters. The highest BCUT2D eigenvalue weighted by atomic mass is 14.4. The van der Waals surface area contributed by atoms with E-state index in [0.717, 1.165) is 11.8 Å². The van der Waals surface area contributed by atoms with Crippen molar-refractivity contribution in [2.75, 3.05) is 0 Å². The smallest absolute Gasteiger partial charge is 0.0279 e. The Labute approximate surface area is 93.7 Å². The van der Waals surface area contributed by atoms with Crippen LogP contribution >= 0.6 is 0 Å². The van der Waals surface area contributed by atoms with Gasteiger partial charge in [-0.05, 0) is 36.7 Å². The average Bonchev–Trinajstić information content (AvgIpc) is 2.96. The summed E-state index contributed by atoms with van der Waals surface area (Å²) in [6, 6.07) is 10.9. The highest BCUT2D eigenvalue weighted by Crippen LogP contribution is 2.41. The van der Waals surface area contributed by atoms with E-state index in [1.807, 2.05) is 0 Å². The molecular weight excluding hydrogens is 180 g/mol. The quantitative estimate of drug-likeness (QED) is 0.598. The first-order chi connectivity index (χ1) is 7.36. The summed E-state index contributed by atoms with van der Waals surface area (Å²) in [5, 5.41) is 0. The largest absolute Gasteiger partial charge is 0.0622 e. The van der Waals surface area contributed by atoms with E-state index in [1.54, 1.807) is 0 Å². The van der Waals surface area contributed by atoms with Crippen molar-refractivity contribution in [1.29, 1.82) is 0 Å². The monoisotopic (exact) mass is 202 g/mol. The Morgan fingerprint density at radius 2 is 1.80 bits per heavy atom. The number of aryl methyl sites for hydroxylation is 1. The van der Waals surface area contributed by atoms with Gasteiger partial charge in [-0.15, -0.1) is 0 Å². The molecule has 2 atom stereocenters. The van der Waals surface area contributed by atoms with Crippen LogP contribution in [-0.4, -0.2) is 0 Å². The maximum atomic E-state index is 2.38. The number of hydrogen-bond donors (Lipinski definition) is 0. The Morgan fingerprint density at radius 3 is 2.47 bits per heavy atom. The van der Waals surface area contributed by atoms with Gasteiger partial charge in [0.1, 0.15) is 0 Å². The highest BCUT2D eigenvalue weighted by molar-refractivity contribution is 5.14. The van der Waals surface area contributed by atoms with Crippen LogP contribution in [0.1, 0.15) is 44.6 Å². The summed E-state index contributed by atoms with van der Waals surface area (Å²) in [4.78, 5) is 0. The summed E-state index contributed by atoms with van der Waals surface area (Å²) >= 11 is 0. The van der Waals surface area contributed by atoms with Crippen LogP contribution in [0, 0.1) is 11.8 Å². The van der Waals surface area contributed by atoms with Gasteiger partial charge in [-0.25, -0.2) is 0 Å². The molecule has 0 radical (unpaired) electrons. The Hall–Kier alpha value is -0.780. The normalized spacial score (nSPS) is 24.1. The second kappa shape index (κ2) is 5.34. The van der Waals surface area contributed by atoms with Crippen LogP contribution in [0.15, 0.2) is 30.3 Å². The van der Waals surface area contributed by atoms with Crippen molar-refractivity contribution in [1.82, 2.24) is 0 Å². The maximum absolute atomic E-state index is 2.38. The van der Waals surface area contributed by atoms with Crippen molar-refractivity contribution < 1.29 is 0 Å². The van der Waals surface area contributed by atoms with Gasteiger partial charge >= 0.3 is 0 Å². The predicted octanol–water partition coefficient (Wildman–Crippen LogP) is 4.45. The molecule has 0 nitrogen and oxygen atoms in total. The van der Waals surface area contributed by atoms with E-state index in [9.17, 15) is 0 Å². The molecule has 15 heavy (non-hydrogen) atoms. The first kappa shape index (κ1) is 10.7. The third-order valence-corrected chi connectivity index (χ3v) is 3.66. The molecule has 0 bridgehead atoms. The summed E-state index contributed by atoms with van der Waals surface area (Å²) in [5.74, 6) is 2.13. The lowest BCUT2D eigenvalue weighted by Gasteiger charge is -2.01. The summed E-state index contributed by atoms with van der Waals surface area (Å²) in [6.45, 7) is 2.38. The van der Waals surface area contributed by atoms with Crippen LogP contribution in [0.4, 0.5) is 0 Å². The van der Waals surface area contributed by atoms with E-state index in [-0.39, 0.29) is 0 Å². The molecule has 1 aliphatic carbocycles. The zero-order valence-corrected chi connectivity index (χ0v) is 9.78. The Morgan fingerprint density at radius 1 is 1.07 bits per heavy atom. The van der Waals surface area contributed by atoms with Crippen molar-refractivity contribution in [2.24, 2.45) is 11.8 Å². The summed E-state index contributed by atoms with van der Waals surface area (Å²) in [6.07, 6.45) is 8.47. The molecule has 1 saturated carbocycles. The fourth-order valence-corrected chi connectivity index (χ4v) is 2.36. The van der Waals surface area contributed by atoms with Crippen molar-refractivity contribution in [3.63, 3.8) is 0 Å². The molecule has 0 aromatic heterocycles. The molecule has 1 aromatic rings. The Balaban J connectivity index is 1.52. The standard InChI is InChI=1S/C15H22/c1-13-12-15(13)11-7-3-6-10-14-8-4-2-5-9-14/h2,4-5,8-9,13,15H,3,6-7,10-12H2,1H3/t13-,15?/m0/s1. The molecule has 1 aliphatic rings. The van der Waals surface area contributed by atoms with E-state index in [1.165, 1.54) is 44.1 Å². The molecule has 0 N–H and O–H groups in total. The molecule has 82 valence electrons. The van der Waals surface area contributed by atoms with Crippen LogP contribution in [-0.2, 0) is 6.42 Å². The second-order valence-corrected chi connectivity index (χ2v) is 5.06. The van der Waals surface area contributed by atoms with E-state index >= 15 is 0 Å². The van der Waals surface area contributed by atoms with Crippen molar-refractivity contribution in [3.8, 4) is 0 Å². The van der Waals surface area contributed by atoms with Gasteiger partial charge in [0.05, 0.1) is 0 Å². The molecule has 0 heterocycles. The van der Waals surface area contributed by atoms with Crippen molar-refractivity contribution >= 4 is 0 Å². The van der Waals surface area contributed by atoms with Crippen LogP contribution in [0.2, 0.25) is 0 Å². The van der Waals surface area contributed by atoms with Gasteiger partial charge in [0, 0.05) is 0 Å². The van der Waals surface area contributed by atoms with Crippen LogP contribution in [0.5, 0.6) is 0 Å². The zero-order valence-electron chi connectivity index (χ0n) is 9.78. The minimum absolute atomic E-state index is 1.04. The minimum Gasteiger partial charge on any atom is -0.0622 e. The van der Waals surface area contributed by atoms with Gasteiger partial charge < -0.3 is 0 Å². The molecule has 0 amide bonds. The lowest BCUT2D eigenvalue weighted by molar-refractivity contribution is 0.581. The van der Waals surface area contributed by atoms with E-state index in [0.29, 0.717) is 0 Å². The van der Waals surface area contributed by atoms with Gasteiger partial charge in [0.15, 0.2) is 0 Å². The van der Waals surface area contributed by atoms with Crippen molar-refractivity contribution in [3.05, 3.63) is 35.9 Å². The molecule has 0 spiro atoms. The molecule has 1 aromatic carbocycles. The SMILES string of the molecule is C[C@H]1CC1CCCCCc1ccccc1. The summed E-state index contributed by atoms with van der Waals surface area (Å²) < 4.78 is 0. The van der Waals surface area contributed by atoms with Crippen molar-refractivity contribution in [2.45, 2.75) is 45.4 Å². The fourth-order valence-electron chi connectivity index (χ4n) is 2.36. The van der Waals surface area contributed by atoms with Crippen LogP contribution in [0.3, 0.4) is 0 Å². The molecule has 0 heteroatoms. The minimum atomic E-state index is 1.04. The number of unbranched alkanes of at least 4 members (excludes halogenated alkanes) is 2. The van der Waals surface area contributed by atoms with E-state index < -0.39 is 0 Å². The molecule has 2 rings (SSSR count). The summed E-state index contributed by atoms with van der Waals surface area (Å²) in [5.41, 5.74) is 1.50. The third kappa shape index (κ3) is 3.70. The first-order valence-corrected chi connectivity index (χ1v) is 6.40. The van der Waals surface area contributed by atoms with Gasteiger partial charge in [-0.1, -0.05) is 56.5 Å². The predicted molar refractivity (Wildman–Crippen MR) is 65.9 cm³/mol. The fraction of sp³-hybridized carbons (Fsp3) is 0.600. The maximum Gasteiger partial charge on any atom is -0.0279 e. The molecule has 0 saturated heterocycles. The lowest BCUT2D eigenvalue weighted by Crippen LogP contribution is -1.86. The van der Waals surface area contributed by atoms with Crippen LogP contribution in [0.25, 0.3) is 0 Å². The van der Waals surface area contributed by atoms with Gasteiger partial charge in [0.25, 0.3) is 0 Å². The number of benzene rings is 1. The van der Waals surface area contributed by atoms with Gasteiger partial charge in [-0.3, -0.25) is 0 Å². The van der Waals surface area contributed by atoms with Gasteiger partial charge in [0.2, 0.25) is 0 Å².